The summed E-state index contributed by atoms with van der Waals surface area (Å²) in [4.78, 5) is 18.1. The van der Waals surface area contributed by atoms with Gasteiger partial charge in [-0.25, -0.2) is 4.79 Å². The second kappa shape index (κ2) is 7.88. The predicted octanol–water partition coefficient (Wildman–Crippen LogP) is 2.84. The van der Waals surface area contributed by atoms with Gasteiger partial charge >= 0.3 is 5.97 Å². The van der Waals surface area contributed by atoms with Crippen LogP contribution in [0.15, 0.2) is 48.8 Å². The summed E-state index contributed by atoms with van der Waals surface area (Å²) in [7, 11) is 1.55. The van der Waals surface area contributed by atoms with Crippen LogP contribution in [0.3, 0.4) is 0 Å². The Labute approximate surface area is 147 Å². The molecule has 2 aromatic rings. The van der Waals surface area contributed by atoms with E-state index in [0.717, 1.165) is 31.6 Å². The molecule has 1 aliphatic heterocycles. The smallest absolute Gasteiger partial charge is 0.345 e. The van der Waals surface area contributed by atoms with E-state index in [1.807, 2.05) is 24.3 Å². The van der Waals surface area contributed by atoms with E-state index in [2.05, 4.69) is 9.88 Å². The van der Waals surface area contributed by atoms with Crippen molar-refractivity contribution >= 4 is 11.7 Å². The Morgan fingerprint density at radius 3 is 2.40 bits per heavy atom. The van der Waals surface area contributed by atoms with Gasteiger partial charge in [-0.15, -0.1) is 0 Å². The van der Waals surface area contributed by atoms with Crippen molar-refractivity contribution in [1.29, 1.82) is 0 Å². The number of hydrogen-bond donors (Lipinski definition) is 1. The Balaban J connectivity index is 1.67. The number of carbonyl (C=O) groups is 1. The monoisotopic (exact) mass is 342 g/mol. The van der Waals surface area contributed by atoms with Crippen molar-refractivity contribution in [2.24, 2.45) is 5.92 Å². The van der Waals surface area contributed by atoms with E-state index in [4.69, 9.17) is 9.47 Å². The van der Waals surface area contributed by atoms with E-state index in [1.54, 1.807) is 31.6 Å². The van der Waals surface area contributed by atoms with Gasteiger partial charge in [0.05, 0.1) is 7.11 Å². The highest BCUT2D eigenvalue weighted by Crippen LogP contribution is 2.31. The molecular formula is C19H22N2O4. The van der Waals surface area contributed by atoms with Crippen molar-refractivity contribution < 1.29 is 19.4 Å². The normalized spacial score (nSPS) is 16.3. The zero-order valence-corrected chi connectivity index (χ0v) is 14.2. The number of ether oxygens (including phenoxy) is 2. The average molecular weight is 342 g/mol. The lowest BCUT2D eigenvalue weighted by molar-refractivity contribution is -0.148. The number of anilines is 1. The van der Waals surface area contributed by atoms with Crippen molar-refractivity contribution in [3.63, 3.8) is 0 Å². The quantitative estimate of drug-likeness (QED) is 0.870. The van der Waals surface area contributed by atoms with Crippen molar-refractivity contribution in [3.05, 3.63) is 48.8 Å². The SMILES string of the molecule is COc1ccccc1OC(C(=O)O)C1CCN(c2ccncc2)CC1. The average Bonchev–Trinajstić information content (AvgIpc) is 2.67. The molecule has 1 saturated heterocycles. The highest BCUT2D eigenvalue weighted by Gasteiger charge is 2.33. The summed E-state index contributed by atoms with van der Waals surface area (Å²) in [5.74, 6) is 0.0331. The van der Waals surface area contributed by atoms with Crippen LogP contribution in [0.2, 0.25) is 0 Å². The van der Waals surface area contributed by atoms with Crippen molar-refractivity contribution in [2.45, 2.75) is 18.9 Å². The zero-order valence-electron chi connectivity index (χ0n) is 14.2. The molecular weight excluding hydrogens is 320 g/mol. The summed E-state index contributed by atoms with van der Waals surface area (Å²) in [6.07, 6.45) is 4.18. The largest absolute Gasteiger partial charge is 0.493 e. The van der Waals surface area contributed by atoms with Gasteiger partial charge in [0, 0.05) is 37.1 Å². The van der Waals surface area contributed by atoms with Crippen LogP contribution in [0.5, 0.6) is 11.5 Å². The molecule has 0 spiro atoms. The van der Waals surface area contributed by atoms with E-state index >= 15 is 0 Å². The number of benzene rings is 1. The number of carboxylic acid groups (broad SMARTS) is 1. The maximum Gasteiger partial charge on any atom is 0.345 e. The predicted molar refractivity (Wildman–Crippen MR) is 94.2 cm³/mol. The number of rotatable bonds is 6. The molecule has 1 N–H and O–H groups in total. The molecule has 1 aromatic carbocycles. The van der Waals surface area contributed by atoms with Gasteiger partial charge in [-0.1, -0.05) is 12.1 Å². The van der Waals surface area contributed by atoms with Crippen molar-refractivity contribution in [3.8, 4) is 11.5 Å². The second-order valence-corrected chi connectivity index (χ2v) is 6.06. The van der Waals surface area contributed by atoms with Crippen LogP contribution in [0.1, 0.15) is 12.8 Å². The maximum absolute atomic E-state index is 11.8. The third kappa shape index (κ3) is 4.02. The molecule has 3 rings (SSSR count). The first kappa shape index (κ1) is 17.1. The first-order valence-corrected chi connectivity index (χ1v) is 8.36. The molecule has 2 heterocycles. The number of methoxy groups -OCH3 is 1. The molecule has 0 saturated carbocycles. The number of aromatic nitrogens is 1. The fourth-order valence-electron chi connectivity index (χ4n) is 3.22. The fourth-order valence-corrected chi connectivity index (χ4v) is 3.22. The van der Waals surface area contributed by atoms with E-state index in [9.17, 15) is 9.90 Å². The summed E-state index contributed by atoms with van der Waals surface area (Å²) in [6, 6.07) is 11.1. The maximum atomic E-state index is 11.8. The number of piperidine rings is 1. The zero-order chi connectivity index (χ0) is 17.6. The summed E-state index contributed by atoms with van der Waals surface area (Å²) >= 11 is 0. The number of hydrogen-bond acceptors (Lipinski definition) is 5. The van der Waals surface area contributed by atoms with E-state index in [-0.39, 0.29) is 5.92 Å². The number of para-hydroxylation sites is 2. The van der Waals surface area contributed by atoms with Crippen LogP contribution in [-0.2, 0) is 4.79 Å². The topological polar surface area (TPSA) is 71.9 Å². The van der Waals surface area contributed by atoms with Crippen LogP contribution >= 0.6 is 0 Å². The Morgan fingerprint density at radius 2 is 1.80 bits per heavy atom. The molecule has 1 atom stereocenters. The van der Waals surface area contributed by atoms with Gasteiger partial charge in [-0.2, -0.15) is 0 Å². The van der Waals surface area contributed by atoms with E-state index in [0.29, 0.717) is 11.5 Å². The molecule has 0 radical (unpaired) electrons. The molecule has 132 valence electrons. The highest BCUT2D eigenvalue weighted by atomic mass is 16.5. The molecule has 1 fully saturated rings. The van der Waals surface area contributed by atoms with Crippen LogP contribution in [0.25, 0.3) is 0 Å². The second-order valence-electron chi connectivity index (χ2n) is 6.06. The minimum atomic E-state index is -0.937. The molecule has 25 heavy (non-hydrogen) atoms. The fraction of sp³-hybridized carbons (Fsp3) is 0.368. The van der Waals surface area contributed by atoms with Gasteiger partial charge in [-0.05, 0) is 37.1 Å². The molecule has 0 bridgehead atoms. The van der Waals surface area contributed by atoms with Gasteiger partial charge in [0.15, 0.2) is 17.6 Å². The first-order valence-electron chi connectivity index (χ1n) is 8.36. The van der Waals surface area contributed by atoms with Gasteiger partial charge in [0.1, 0.15) is 0 Å². The Kier molecular flexibility index (Phi) is 5.38. The summed E-state index contributed by atoms with van der Waals surface area (Å²) in [5, 5.41) is 9.65. The summed E-state index contributed by atoms with van der Waals surface area (Å²) < 4.78 is 11.1. The van der Waals surface area contributed by atoms with Gasteiger partial charge < -0.3 is 19.5 Å². The Bertz CT molecular complexity index is 700. The molecule has 0 aliphatic carbocycles. The van der Waals surface area contributed by atoms with Crippen LogP contribution < -0.4 is 14.4 Å². The molecule has 1 aromatic heterocycles. The number of nitrogens with zero attached hydrogens (tertiary/aromatic N) is 2. The third-order valence-electron chi connectivity index (χ3n) is 4.56. The highest BCUT2D eigenvalue weighted by molar-refractivity contribution is 5.73. The minimum Gasteiger partial charge on any atom is -0.493 e. The lowest BCUT2D eigenvalue weighted by Crippen LogP contribution is -2.43. The number of carboxylic acids is 1. The molecule has 1 aliphatic rings. The van der Waals surface area contributed by atoms with Gasteiger partial charge in [0.25, 0.3) is 0 Å². The Hall–Kier alpha value is -2.76. The van der Waals surface area contributed by atoms with E-state index < -0.39 is 12.1 Å². The molecule has 6 nitrogen and oxygen atoms in total. The summed E-state index contributed by atoms with van der Waals surface area (Å²) in [6.45, 7) is 1.60. The molecule has 6 heteroatoms. The van der Waals surface area contributed by atoms with Crippen molar-refractivity contribution in [1.82, 2.24) is 4.98 Å². The first-order chi connectivity index (χ1) is 12.2. The Morgan fingerprint density at radius 1 is 1.16 bits per heavy atom. The van der Waals surface area contributed by atoms with Crippen LogP contribution in [0.4, 0.5) is 5.69 Å². The molecule has 1 unspecified atom stereocenters. The van der Waals surface area contributed by atoms with E-state index in [1.165, 1.54) is 0 Å². The van der Waals surface area contributed by atoms with Crippen LogP contribution in [0, 0.1) is 5.92 Å². The van der Waals surface area contributed by atoms with Crippen molar-refractivity contribution in [2.75, 3.05) is 25.1 Å². The van der Waals surface area contributed by atoms with Gasteiger partial charge in [0.2, 0.25) is 0 Å². The van der Waals surface area contributed by atoms with Crippen LogP contribution in [-0.4, -0.2) is 42.4 Å². The summed E-state index contributed by atoms with van der Waals surface area (Å²) in [5.41, 5.74) is 1.12. The lowest BCUT2D eigenvalue weighted by Gasteiger charge is -2.35. The number of aliphatic carboxylic acids is 1. The lowest BCUT2D eigenvalue weighted by atomic mass is 9.90. The van der Waals surface area contributed by atoms with Gasteiger partial charge in [-0.3, -0.25) is 4.98 Å². The third-order valence-corrected chi connectivity index (χ3v) is 4.56. The molecule has 0 amide bonds. The minimum absolute atomic E-state index is 0.0412. The number of pyridine rings is 1. The standard InChI is InChI=1S/C19H22N2O4/c1-24-16-4-2-3-5-17(16)25-18(19(22)23)14-8-12-21(13-9-14)15-6-10-20-11-7-15/h2-7,10-11,14,18H,8-9,12-13H2,1H3,(H,22,23).